The lowest BCUT2D eigenvalue weighted by atomic mass is 10.1. The Kier molecular flexibility index (Phi) is 10.5. The van der Waals surface area contributed by atoms with Crippen LogP contribution in [0.1, 0.15) is 46.0 Å². The highest BCUT2D eigenvalue weighted by Gasteiger charge is 2.36. The molecule has 0 heterocycles. The van der Waals surface area contributed by atoms with Gasteiger partial charge in [0.15, 0.2) is 0 Å². The van der Waals surface area contributed by atoms with Crippen molar-refractivity contribution in [3.8, 4) is 0 Å². The second-order valence-electron chi connectivity index (χ2n) is 4.35. The smallest absolute Gasteiger partial charge is 0.377 e. The van der Waals surface area contributed by atoms with Crippen LogP contribution >= 0.6 is 0 Å². The Bertz CT molecular complexity index is 214. The van der Waals surface area contributed by atoms with Gasteiger partial charge >= 0.3 is 8.80 Å². The normalized spacial score (nSPS) is 11.6. The van der Waals surface area contributed by atoms with Crippen LogP contribution in [-0.2, 0) is 13.3 Å². The quantitative estimate of drug-likeness (QED) is 0.330. The van der Waals surface area contributed by atoms with Gasteiger partial charge in [-0.3, -0.25) is 4.99 Å². The highest BCUT2D eigenvalue weighted by molar-refractivity contribution is 6.60. The van der Waals surface area contributed by atoms with Crippen LogP contribution in [0.3, 0.4) is 0 Å². The van der Waals surface area contributed by atoms with Crippen LogP contribution in [0, 0.1) is 0 Å². The minimum Gasteiger partial charge on any atom is -0.377 e. The number of aliphatic imine (C=N–C) groups is 1. The number of hydrogen-bond acceptors (Lipinski definition) is 4. The summed E-state index contributed by atoms with van der Waals surface area (Å²) in [6.45, 7) is 5.24. The second-order valence-corrected chi connectivity index (χ2v) is 7.44. The molecule has 0 aromatic rings. The molecule has 0 aromatic carbocycles. The summed E-state index contributed by atoms with van der Waals surface area (Å²) < 4.78 is 16.2. The fourth-order valence-corrected chi connectivity index (χ4v) is 3.65. The van der Waals surface area contributed by atoms with E-state index in [2.05, 4.69) is 18.8 Å². The zero-order valence-corrected chi connectivity index (χ0v) is 13.6. The molecule has 4 nitrogen and oxygen atoms in total. The van der Waals surface area contributed by atoms with Gasteiger partial charge in [0, 0.05) is 39.6 Å². The van der Waals surface area contributed by atoms with Gasteiger partial charge in [-0.2, -0.15) is 0 Å². The van der Waals surface area contributed by atoms with E-state index < -0.39 is 8.80 Å². The van der Waals surface area contributed by atoms with Gasteiger partial charge in [-0.25, -0.2) is 0 Å². The van der Waals surface area contributed by atoms with Gasteiger partial charge < -0.3 is 13.3 Å². The molecule has 0 saturated heterocycles. The molecule has 0 N–H and O–H groups in total. The zero-order valence-electron chi connectivity index (χ0n) is 12.6. The Morgan fingerprint density at radius 3 is 1.83 bits per heavy atom. The van der Waals surface area contributed by atoms with Gasteiger partial charge in [0.25, 0.3) is 0 Å². The molecule has 0 bridgehead atoms. The zero-order chi connectivity index (χ0) is 13.9. The van der Waals surface area contributed by atoms with E-state index in [1.807, 2.05) is 0 Å². The van der Waals surface area contributed by atoms with Gasteiger partial charge in [0.2, 0.25) is 0 Å². The maximum Gasteiger partial charge on any atom is 0.500 e. The molecule has 0 radical (unpaired) electrons. The first-order chi connectivity index (χ1) is 8.67. The molecule has 5 heteroatoms. The van der Waals surface area contributed by atoms with E-state index in [0.29, 0.717) is 0 Å². The van der Waals surface area contributed by atoms with Crippen molar-refractivity contribution in [2.45, 2.75) is 52.0 Å². The van der Waals surface area contributed by atoms with E-state index in [1.165, 1.54) is 18.6 Å². The SMILES string of the molecule is CCCC(CCC)=NCCC[Si](OC)(OC)OC. The first-order valence-electron chi connectivity index (χ1n) is 6.85. The first kappa shape index (κ1) is 17.8. The summed E-state index contributed by atoms with van der Waals surface area (Å²) >= 11 is 0. The molecule has 108 valence electrons. The van der Waals surface area contributed by atoms with Crippen molar-refractivity contribution >= 4 is 14.5 Å². The molecule has 0 atom stereocenters. The van der Waals surface area contributed by atoms with Crippen molar-refractivity contribution in [2.75, 3.05) is 27.9 Å². The maximum atomic E-state index is 5.38. The van der Waals surface area contributed by atoms with E-state index in [4.69, 9.17) is 13.3 Å². The highest BCUT2D eigenvalue weighted by Crippen LogP contribution is 2.15. The average Bonchev–Trinajstić information content (AvgIpc) is 2.40. The number of nitrogens with zero attached hydrogens (tertiary/aromatic N) is 1. The van der Waals surface area contributed by atoms with E-state index in [-0.39, 0.29) is 0 Å². The van der Waals surface area contributed by atoms with Gasteiger partial charge in [-0.1, -0.05) is 26.7 Å². The largest absolute Gasteiger partial charge is 0.500 e. The van der Waals surface area contributed by atoms with Crippen LogP contribution in [0.4, 0.5) is 0 Å². The second kappa shape index (κ2) is 10.7. The number of rotatable bonds is 11. The predicted molar refractivity (Wildman–Crippen MR) is 78.3 cm³/mol. The molecule has 18 heavy (non-hydrogen) atoms. The van der Waals surface area contributed by atoms with Gasteiger partial charge in [0.1, 0.15) is 0 Å². The Morgan fingerprint density at radius 1 is 0.944 bits per heavy atom. The molecule has 0 rings (SSSR count). The van der Waals surface area contributed by atoms with Crippen molar-refractivity contribution in [3.63, 3.8) is 0 Å². The van der Waals surface area contributed by atoms with Crippen molar-refractivity contribution in [1.29, 1.82) is 0 Å². The topological polar surface area (TPSA) is 40.0 Å². The monoisotopic (exact) mass is 275 g/mol. The Morgan fingerprint density at radius 2 is 1.44 bits per heavy atom. The third-order valence-electron chi connectivity index (χ3n) is 2.99. The molecule has 0 amide bonds. The third kappa shape index (κ3) is 6.63. The Balaban J connectivity index is 4.11. The first-order valence-corrected chi connectivity index (χ1v) is 8.78. The summed E-state index contributed by atoms with van der Waals surface area (Å²) in [4.78, 5) is 4.68. The van der Waals surface area contributed by atoms with Gasteiger partial charge in [-0.05, 0) is 19.3 Å². The van der Waals surface area contributed by atoms with E-state index in [1.54, 1.807) is 21.3 Å². The van der Waals surface area contributed by atoms with Crippen LogP contribution in [0.15, 0.2) is 4.99 Å². The highest BCUT2D eigenvalue weighted by atomic mass is 28.4. The van der Waals surface area contributed by atoms with E-state index >= 15 is 0 Å². The minimum atomic E-state index is -2.40. The van der Waals surface area contributed by atoms with Crippen molar-refractivity contribution in [3.05, 3.63) is 0 Å². The Hall–Kier alpha value is -0.233. The number of hydrogen-bond donors (Lipinski definition) is 0. The lowest BCUT2D eigenvalue weighted by Gasteiger charge is -2.23. The third-order valence-corrected chi connectivity index (χ3v) is 5.82. The molecular weight excluding hydrogens is 246 g/mol. The summed E-state index contributed by atoms with van der Waals surface area (Å²) in [5.41, 5.74) is 1.35. The average molecular weight is 275 g/mol. The summed E-state index contributed by atoms with van der Waals surface area (Å²) in [5.74, 6) is 0. The van der Waals surface area contributed by atoms with Gasteiger partial charge in [0.05, 0.1) is 0 Å². The summed E-state index contributed by atoms with van der Waals surface area (Å²) in [6, 6.07) is 0.825. The lowest BCUT2D eigenvalue weighted by molar-refractivity contribution is 0.123. The van der Waals surface area contributed by atoms with Crippen LogP contribution in [0.25, 0.3) is 0 Å². The van der Waals surface area contributed by atoms with Crippen molar-refractivity contribution < 1.29 is 13.3 Å². The van der Waals surface area contributed by atoms with Crippen molar-refractivity contribution in [2.24, 2.45) is 4.99 Å². The fourth-order valence-electron chi connectivity index (χ4n) is 1.95. The molecule has 0 aliphatic carbocycles. The summed E-state index contributed by atoms with van der Waals surface area (Å²) in [6.07, 6.45) is 5.54. The van der Waals surface area contributed by atoms with Crippen LogP contribution in [-0.4, -0.2) is 42.4 Å². The molecule has 0 fully saturated rings. The summed E-state index contributed by atoms with van der Waals surface area (Å²) in [7, 11) is 2.57. The molecular formula is C13H29NO3Si. The van der Waals surface area contributed by atoms with Crippen molar-refractivity contribution in [1.82, 2.24) is 0 Å². The van der Waals surface area contributed by atoms with Crippen LogP contribution in [0.5, 0.6) is 0 Å². The lowest BCUT2D eigenvalue weighted by Crippen LogP contribution is -2.42. The van der Waals surface area contributed by atoms with Crippen LogP contribution < -0.4 is 0 Å². The molecule has 0 aromatic heterocycles. The van der Waals surface area contributed by atoms with Gasteiger partial charge in [-0.15, -0.1) is 0 Å². The minimum absolute atomic E-state index is 0.825. The van der Waals surface area contributed by atoms with E-state index in [9.17, 15) is 0 Å². The molecule has 0 aliphatic heterocycles. The summed E-state index contributed by atoms with van der Waals surface area (Å²) in [5, 5.41) is 0. The standard InChI is InChI=1S/C13H29NO3Si/c1-6-9-13(10-7-2)14-11-8-12-18(15-3,16-4)17-5/h6-12H2,1-5H3. The molecule has 0 aliphatic rings. The Labute approximate surface area is 113 Å². The van der Waals surface area contributed by atoms with E-state index in [0.717, 1.165) is 31.9 Å². The maximum absolute atomic E-state index is 5.38. The predicted octanol–water partition coefficient (Wildman–Crippen LogP) is 3.30. The molecule has 0 saturated carbocycles. The molecule has 0 unspecified atom stereocenters. The van der Waals surface area contributed by atoms with Crippen LogP contribution in [0.2, 0.25) is 6.04 Å². The fraction of sp³-hybridized carbons (Fsp3) is 0.923. The molecule has 0 spiro atoms.